The summed E-state index contributed by atoms with van der Waals surface area (Å²) in [6.07, 6.45) is 5.16. The lowest BCUT2D eigenvalue weighted by Gasteiger charge is -2.36. The zero-order chi connectivity index (χ0) is 17.8. The second kappa shape index (κ2) is 7.87. The van der Waals surface area contributed by atoms with E-state index in [2.05, 4.69) is 22.0 Å². The molecule has 0 N–H and O–H groups in total. The molecule has 4 rings (SSSR count). The normalized spacial score (nSPS) is 20.8. The molecule has 5 heteroatoms. The van der Waals surface area contributed by atoms with Crippen molar-refractivity contribution >= 4 is 11.7 Å². The van der Waals surface area contributed by atoms with Crippen molar-refractivity contribution in [2.45, 2.75) is 25.3 Å². The Bertz CT molecular complexity index is 727. The molecule has 0 radical (unpaired) electrons. The lowest BCUT2D eigenvalue weighted by Crippen LogP contribution is -2.39. The van der Waals surface area contributed by atoms with Gasteiger partial charge in [0.15, 0.2) is 0 Å². The molecule has 1 aromatic heterocycles. The summed E-state index contributed by atoms with van der Waals surface area (Å²) < 4.78 is 5.41. The van der Waals surface area contributed by atoms with Gasteiger partial charge in [0.2, 0.25) is 0 Å². The number of piperidine rings is 1. The van der Waals surface area contributed by atoms with Crippen LogP contribution in [0.3, 0.4) is 0 Å². The highest BCUT2D eigenvalue weighted by Crippen LogP contribution is 2.32. The minimum Gasteiger partial charge on any atom is -0.378 e. The number of morpholine rings is 1. The summed E-state index contributed by atoms with van der Waals surface area (Å²) in [6.45, 7) is 4.09. The van der Waals surface area contributed by atoms with Crippen LogP contribution in [0.25, 0.3) is 0 Å². The third kappa shape index (κ3) is 3.58. The predicted molar refractivity (Wildman–Crippen MR) is 101 cm³/mol. The number of benzene rings is 1. The van der Waals surface area contributed by atoms with E-state index in [1.807, 2.05) is 41.4 Å². The fraction of sp³-hybridized carbons (Fsp3) is 0.429. The van der Waals surface area contributed by atoms with Gasteiger partial charge in [-0.05, 0) is 43.0 Å². The van der Waals surface area contributed by atoms with Gasteiger partial charge in [-0.25, -0.2) is 4.98 Å². The van der Waals surface area contributed by atoms with E-state index in [1.54, 1.807) is 0 Å². The van der Waals surface area contributed by atoms with Crippen molar-refractivity contribution in [3.8, 4) is 0 Å². The summed E-state index contributed by atoms with van der Waals surface area (Å²) in [7, 11) is 0. The van der Waals surface area contributed by atoms with Crippen molar-refractivity contribution in [2.75, 3.05) is 37.7 Å². The molecule has 3 heterocycles. The molecule has 2 aliphatic rings. The van der Waals surface area contributed by atoms with Crippen molar-refractivity contribution < 1.29 is 9.53 Å². The number of anilines is 1. The maximum atomic E-state index is 13.0. The average molecular weight is 351 g/mol. The number of carbonyl (C=O) groups is 1. The smallest absolute Gasteiger partial charge is 0.254 e. The molecule has 0 bridgehead atoms. The number of hydrogen-bond donors (Lipinski definition) is 0. The van der Waals surface area contributed by atoms with Gasteiger partial charge < -0.3 is 14.5 Å². The number of ether oxygens (including phenoxy) is 1. The monoisotopic (exact) mass is 351 g/mol. The first-order chi connectivity index (χ1) is 12.8. The molecule has 2 saturated heterocycles. The van der Waals surface area contributed by atoms with Crippen LogP contribution in [-0.2, 0) is 4.74 Å². The van der Waals surface area contributed by atoms with E-state index < -0.39 is 0 Å². The molecule has 0 spiro atoms. The van der Waals surface area contributed by atoms with E-state index in [-0.39, 0.29) is 11.9 Å². The zero-order valence-electron chi connectivity index (χ0n) is 15.0. The first-order valence-electron chi connectivity index (χ1n) is 9.47. The molecule has 2 aliphatic heterocycles. The van der Waals surface area contributed by atoms with Crippen LogP contribution in [0.4, 0.5) is 5.82 Å². The SMILES string of the molecule is O=C(c1ccccc1)N1CCCCC1c1ccc(N2CCOCC2)nc1. The lowest BCUT2D eigenvalue weighted by molar-refractivity contribution is 0.0611. The second-order valence-electron chi connectivity index (χ2n) is 6.93. The van der Waals surface area contributed by atoms with Crippen LogP contribution in [0.15, 0.2) is 48.7 Å². The van der Waals surface area contributed by atoms with Crippen LogP contribution in [0, 0.1) is 0 Å². The number of carbonyl (C=O) groups excluding carboxylic acids is 1. The maximum absolute atomic E-state index is 13.0. The number of hydrogen-bond acceptors (Lipinski definition) is 4. The number of pyridine rings is 1. The van der Waals surface area contributed by atoms with Crippen molar-refractivity contribution in [3.63, 3.8) is 0 Å². The van der Waals surface area contributed by atoms with Gasteiger partial charge >= 0.3 is 0 Å². The Labute approximate surface area is 154 Å². The Morgan fingerprint density at radius 3 is 2.54 bits per heavy atom. The van der Waals surface area contributed by atoms with Crippen LogP contribution >= 0.6 is 0 Å². The Hall–Kier alpha value is -2.40. The van der Waals surface area contributed by atoms with Gasteiger partial charge in [0, 0.05) is 31.4 Å². The standard InChI is InChI=1S/C21H25N3O2/c25-21(17-6-2-1-3-7-17)24-11-5-4-8-19(24)18-9-10-20(22-16-18)23-12-14-26-15-13-23/h1-3,6-7,9-10,16,19H,4-5,8,11-15H2. The first kappa shape index (κ1) is 17.0. The Balaban J connectivity index is 1.53. The molecule has 1 atom stereocenters. The van der Waals surface area contributed by atoms with Crippen molar-refractivity contribution in [1.29, 1.82) is 0 Å². The third-order valence-electron chi connectivity index (χ3n) is 5.28. The van der Waals surface area contributed by atoms with Crippen molar-refractivity contribution in [2.24, 2.45) is 0 Å². The van der Waals surface area contributed by atoms with E-state index in [4.69, 9.17) is 4.74 Å². The Morgan fingerprint density at radius 2 is 1.81 bits per heavy atom. The van der Waals surface area contributed by atoms with E-state index >= 15 is 0 Å². The molecular weight excluding hydrogens is 326 g/mol. The first-order valence-corrected chi connectivity index (χ1v) is 9.47. The van der Waals surface area contributed by atoms with Gasteiger partial charge in [-0.1, -0.05) is 24.3 Å². The largest absolute Gasteiger partial charge is 0.378 e. The molecule has 2 aromatic rings. The fourth-order valence-corrected chi connectivity index (χ4v) is 3.84. The van der Waals surface area contributed by atoms with Crippen LogP contribution in [-0.4, -0.2) is 48.6 Å². The van der Waals surface area contributed by atoms with E-state index in [9.17, 15) is 4.79 Å². The molecule has 136 valence electrons. The molecule has 2 fully saturated rings. The third-order valence-corrected chi connectivity index (χ3v) is 5.28. The van der Waals surface area contributed by atoms with Crippen LogP contribution in [0.1, 0.15) is 41.2 Å². The highest BCUT2D eigenvalue weighted by Gasteiger charge is 2.29. The van der Waals surface area contributed by atoms with Crippen LogP contribution < -0.4 is 4.90 Å². The summed E-state index contributed by atoms with van der Waals surface area (Å²) in [4.78, 5) is 21.9. The minimum atomic E-state index is 0.114. The molecular formula is C21H25N3O2. The van der Waals surface area contributed by atoms with E-state index in [0.29, 0.717) is 0 Å². The summed E-state index contributed by atoms with van der Waals surface area (Å²) >= 11 is 0. The average Bonchev–Trinajstić information content (AvgIpc) is 2.75. The molecule has 1 aromatic carbocycles. The van der Waals surface area contributed by atoms with Crippen LogP contribution in [0.5, 0.6) is 0 Å². The van der Waals surface area contributed by atoms with Crippen molar-refractivity contribution in [1.82, 2.24) is 9.88 Å². The maximum Gasteiger partial charge on any atom is 0.254 e. The number of nitrogens with zero attached hydrogens (tertiary/aromatic N) is 3. The quantitative estimate of drug-likeness (QED) is 0.851. The Morgan fingerprint density at radius 1 is 1.00 bits per heavy atom. The van der Waals surface area contributed by atoms with Gasteiger partial charge in [0.05, 0.1) is 19.3 Å². The highest BCUT2D eigenvalue weighted by molar-refractivity contribution is 5.94. The molecule has 1 unspecified atom stereocenters. The van der Waals surface area contributed by atoms with Gasteiger partial charge in [-0.2, -0.15) is 0 Å². The number of likely N-dealkylation sites (tertiary alicyclic amines) is 1. The van der Waals surface area contributed by atoms with E-state index in [0.717, 1.165) is 69.1 Å². The molecule has 26 heavy (non-hydrogen) atoms. The molecule has 1 amide bonds. The summed E-state index contributed by atoms with van der Waals surface area (Å²) in [5, 5.41) is 0. The summed E-state index contributed by atoms with van der Waals surface area (Å²) in [6, 6.07) is 13.9. The summed E-state index contributed by atoms with van der Waals surface area (Å²) in [5.74, 6) is 1.11. The highest BCUT2D eigenvalue weighted by atomic mass is 16.5. The van der Waals surface area contributed by atoms with Gasteiger partial charge in [-0.3, -0.25) is 4.79 Å². The van der Waals surface area contributed by atoms with E-state index in [1.165, 1.54) is 0 Å². The molecule has 5 nitrogen and oxygen atoms in total. The van der Waals surface area contributed by atoms with Gasteiger partial charge in [-0.15, -0.1) is 0 Å². The van der Waals surface area contributed by atoms with Crippen LogP contribution in [0.2, 0.25) is 0 Å². The minimum absolute atomic E-state index is 0.114. The van der Waals surface area contributed by atoms with Gasteiger partial charge in [0.25, 0.3) is 5.91 Å². The van der Waals surface area contributed by atoms with Gasteiger partial charge in [0.1, 0.15) is 5.82 Å². The topological polar surface area (TPSA) is 45.7 Å². The fourth-order valence-electron chi connectivity index (χ4n) is 3.84. The second-order valence-corrected chi connectivity index (χ2v) is 6.93. The lowest BCUT2D eigenvalue weighted by atomic mass is 9.95. The van der Waals surface area contributed by atoms with Crippen molar-refractivity contribution in [3.05, 3.63) is 59.8 Å². The number of amides is 1. The summed E-state index contributed by atoms with van der Waals surface area (Å²) in [5.41, 5.74) is 1.89. The number of rotatable bonds is 3. The predicted octanol–water partition coefficient (Wildman–Crippen LogP) is 3.29. The Kier molecular flexibility index (Phi) is 5.16. The molecule has 0 aliphatic carbocycles. The molecule has 0 saturated carbocycles. The number of aromatic nitrogens is 1. The zero-order valence-corrected chi connectivity index (χ0v) is 15.0.